The molecule has 0 atom stereocenters. The lowest BCUT2D eigenvalue weighted by Gasteiger charge is -2.08. The van der Waals surface area contributed by atoms with Crippen LogP contribution in [0.15, 0.2) is 60.8 Å². The van der Waals surface area contributed by atoms with Crippen molar-refractivity contribution >= 4 is 22.5 Å². The number of pyridine rings is 1. The Bertz CT molecular complexity index is 776. The quantitative estimate of drug-likeness (QED) is 0.773. The third-order valence-corrected chi connectivity index (χ3v) is 3.34. The number of nitrogens with zero attached hydrogens (tertiary/aromatic N) is 1. The lowest BCUT2D eigenvalue weighted by atomic mass is 10.1. The van der Waals surface area contributed by atoms with Crippen molar-refractivity contribution in [2.45, 2.75) is 6.54 Å². The van der Waals surface area contributed by atoms with Crippen molar-refractivity contribution in [2.24, 2.45) is 5.73 Å². The smallest absolute Gasteiger partial charge is 0.256 e. The molecule has 2 aromatic carbocycles. The number of rotatable bonds is 3. The van der Waals surface area contributed by atoms with Gasteiger partial charge in [0.1, 0.15) is 0 Å². The topological polar surface area (TPSA) is 68.0 Å². The zero-order valence-electron chi connectivity index (χ0n) is 11.4. The number of nitrogens with one attached hydrogen (secondary N) is 1. The van der Waals surface area contributed by atoms with Crippen LogP contribution in [0.3, 0.4) is 0 Å². The van der Waals surface area contributed by atoms with E-state index in [1.807, 2.05) is 48.5 Å². The Hall–Kier alpha value is -2.72. The number of para-hydroxylation sites is 1. The number of fused-ring (bicyclic) bond motifs is 1. The van der Waals surface area contributed by atoms with E-state index in [-0.39, 0.29) is 5.91 Å². The van der Waals surface area contributed by atoms with Gasteiger partial charge in [-0.05, 0) is 29.8 Å². The Morgan fingerprint density at radius 3 is 2.57 bits per heavy atom. The highest BCUT2D eigenvalue weighted by Gasteiger charge is 2.10. The Morgan fingerprint density at radius 1 is 1.05 bits per heavy atom. The molecular formula is C17H15N3O. The molecule has 1 heterocycles. The van der Waals surface area contributed by atoms with Crippen LogP contribution in [0.2, 0.25) is 0 Å². The highest BCUT2D eigenvalue weighted by molar-refractivity contribution is 6.12. The molecule has 1 amide bonds. The molecule has 0 aliphatic carbocycles. The summed E-state index contributed by atoms with van der Waals surface area (Å²) in [4.78, 5) is 16.7. The van der Waals surface area contributed by atoms with Gasteiger partial charge in [0.25, 0.3) is 5.91 Å². The second-order valence-corrected chi connectivity index (χ2v) is 4.73. The minimum absolute atomic E-state index is 0.144. The number of nitrogens with two attached hydrogens (primary N) is 1. The molecule has 0 radical (unpaired) electrons. The van der Waals surface area contributed by atoms with Crippen LogP contribution in [0, 0.1) is 0 Å². The summed E-state index contributed by atoms with van der Waals surface area (Å²) in [6, 6.07) is 16.8. The summed E-state index contributed by atoms with van der Waals surface area (Å²) < 4.78 is 0. The maximum Gasteiger partial charge on any atom is 0.256 e. The molecule has 0 fully saturated rings. The SMILES string of the molecule is NCc1ccc(NC(=O)c2ccnc3ccccc23)cc1. The van der Waals surface area contributed by atoms with Gasteiger partial charge < -0.3 is 11.1 Å². The van der Waals surface area contributed by atoms with E-state index in [9.17, 15) is 4.79 Å². The van der Waals surface area contributed by atoms with Crippen LogP contribution < -0.4 is 11.1 Å². The van der Waals surface area contributed by atoms with E-state index in [0.717, 1.165) is 22.2 Å². The first-order valence-corrected chi connectivity index (χ1v) is 6.72. The molecule has 1 aromatic heterocycles. The molecule has 0 aliphatic heterocycles. The van der Waals surface area contributed by atoms with Crippen LogP contribution in [0.5, 0.6) is 0 Å². The number of anilines is 1. The summed E-state index contributed by atoms with van der Waals surface area (Å²) in [6.45, 7) is 0.489. The molecule has 0 bridgehead atoms. The number of aromatic nitrogens is 1. The maximum atomic E-state index is 12.4. The Balaban J connectivity index is 1.90. The lowest BCUT2D eigenvalue weighted by Crippen LogP contribution is -2.12. The monoisotopic (exact) mass is 277 g/mol. The molecule has 0 saturated carbocycles. The molecule has 3 N–H and O–H groups in total. The second-order valence-electron chi connectivity index (χ2n) is 4.73. The molecule has 0 unspecified atom stereocenters. The molecule has 21 heavy (non-hydrogen) atoms. The van der Waals surface area contributed by atoms with E-state index >= 15 is 0 Å². The van der Waals surface area contributed by atoms with Crippen LogP contribution >= 0.6 is 0 Å². The zero-order valence-corrected chi connectivity index (χ0v) is 11.4. The number of carbonyl (C=O) groups excluding carboxylic acids is 1. The highest BCUT2D eigenvalue weighted by atomic mass is 16.1. The van der Waals surface area contributed by atoms with Crippen molar-refractivity contribution in [3.8, 4) is 0 Å². The van der Waals surface area contributed by atoms with Gasteiger partial charge in [0.15, 0.2) is 0 Å². The minimum Gasteiger partial charge on any atom is -0.326 e. The molecule has 4 heteroatoms. The zero-order chi connectivity index (χ0) is 14.7. The Morgan fingerprint density at radius 2 is 1.81 bits per heavy atom. The normalized spacial score (nSPS) is 10.5. The van der Waals surface area contributed by atoms with Gasteiger partial charge in [0.05, 0.1) is 11.1 Å². The van der Waals surface area contributed by atoms with Crippen molar-refractivity contribution in [1.29, 1.82) is 0 Å². The van der Waals surface area contributed by atoms with Crippen LogP contribution in [0.1, 0.15) is 15.9 Å². The van der Waals surface area contributed by atoms with Crippen LogP contribution in [0.4, 0.5) is 5.69 Å². The van der Waals surface area contributed by atoms with Crippen molar-refractivity contribution in [2.75, 3.05) is 5.32 Å². The second kappa shape index (κ2) is 5.73. The van der Waals surface area contributed by atoms with Crippen LogP contribution in [-0.4, -0.2) is 10.9 Å². The molecule has 4 nitrogen and oxygen atoms in total. The molecule has 3 rings (SSSR count). The van der Waals surface area contributed by atoms with Gasteiger partial charge in [-0.3, -0.25) is 9.78 Å². The van der Waals surface area contributed by atoms with E-state index < -0.39 is 0 Å². The molecule has 104 valence electrons. The van der Waals surface area contributed by atoms with Crippen molar-refractivity contribution in [1.82, 2.24) is 4.98 Å². The summed E-state index contributed by atoms with van der Waals surface area (Å²) >= 11 is 0. The third-order valence-electron chi connectivity index (χ3n) is 3.34. The number of carbonyl (C=O) groups is 1. The molecule has 0 aliphatic rings. The maximum absolute atomic E-state index is 12.4. The van der Waals surface area contributed by atoms with E-state index in [0.29, 0.717) is 12.1 Å². The van der Waals surface area contributed by atoms with E-state index in [1.54, 1.807) is 12.3 Å². The van der Waals surface area contributed by atoms with Gasteiger partial charge in [-0.2, -0.15) is 0 Å². The van der Waals surface area contributed by atoms with E-state index in [2.05, 4.69) is 10.3 Å². The lowest BCUT2D eigenvalue weighted by molar-refractivity contribution is 0.102. The minimum atomic E-state index is -0.144. The predicted molar refractivity (Wildman–Crippen MR) is 84.0 cm³/mol. The molecule has 3 aromatic rings. The molecule has 0 saturated heterocycles. The number of benzene rings is 2. The molecular weight excluding hydrogens is 262 g/mol. The van der Waals surface area contributed by atoms with Crippen molar-refractivity contribution < 1.29 is 4.79 Å². The summed E-state index contributed by atoms with van der Waals surface area (Å²) in [6.07, 6.45) is 1.65. The Kier molecular flexibility index (Phi) is 3.62. The standard InChI is InChI=1S/C17H15N3O/c18-11-12-5-7-13(8-6-12)20-17(21)15-9-10-19-16-4-2-1-3-14(15)16/h1-10H,11,18H2,(H,20,21). The van der Waals surface area contributed by atoms with Crippen molar-refractivity contribution in [3.05, 3.63) is 71.9 Å². The third kappa shape index (κ3) is 2.75. The summed E-state index contributed by atoms with van der Waals surface area (Å²) in [5.41, 5.74) is 8.76. The van der Waals surface area contributed by atoms with E-state index in [1.165, 1.54) is 0 Å². The number of hydrogen-bond acceptors (Lipinski definition) is 3. The summed E-state index contributed by atoms with van der Waals surface area (Å²) in [7, 11) is 0. The first-order chi connectivity index (χ1) is 10.3. The van der Waals surface area contributed by atoms with E-state index in [4.69, 9.17) is 5.73 Å². The summed E-state index contributed by atoms with van der Waals surface area (Å²) in [5, 5.41) is 3.74. The highest BCUT2D eigenvalue weighted by Crippen LogP contribution is 2.18. The van der Waals surface area contributed by atoms with Gasteiger partial charge in [-0.15, -0.1) is 0 Å². The van der Waals surface area contributed by atoms with Crippen LogP contribution in [0.25, 0.3) is 10.9 Å². The van der Waals surface area contributed by atoms with Gasteiger partial charge >= 0.3 is 0 Å². The molecule has 0 spiro atoms. The summed E-state index contributed by atoms with van der Waals surface area (Å²) in [5.74, 6) is -0.144. The predicted octanol–water partition coefficient (Wildman–Crippen LogP) is 2.95. The van der Waals surface area contributed by atoms with Crippen molar-refractivity contribution in [3.63, 3.8) is 0 Å². The first kappa shape index (κ1) is 13.3. The largest absolute Gasteiger partial charge is 0.326 e. The number of hydrogen-bond donors (Lipinski definition) is 2. The Labute approximate surface area is 122 Å². The van der Waals surface area contributed by atoms with Gasteiger partial charge in [0.2, 0.25) is 0 Å². The average Bonchev–Trinajstić information content (AvgIpc) is 2.55. The fourth-order valence-corrected chi connectivity index (χ4v) is 2.22. The number of amides is 1. The average molecular weight is 277 g/mol. The van der Waals surface area contributed by atoms with Gasteiger partial charge in [-0.25, -0.2) is 0 Å². The fraction of sp³-hybridized carbons (Fsp3) is 0.0588. The fourth-order valence-electron chi connectivity index (χ4n) is 2.22. The van der Waals surface area contributed by atoms with Gasteiger partial charge in [-0.1, -0.05) is 30.3 Å². The van der Waals surface area contributed by atoms with Crippen LogP contribution in [-0.2, 0) is 6.54 Å². The van der Waals surface area contributed by atoms with Gasteiger partial charge in [0, 0.05) is 23.8 Å². The first-order valence-electron chi connectivity index (χ1n) is 6.72.